The van der Waals surface area contributed by atoms with Crippen LogP contribution in [0.25, 0.3) is 16.8 Å². The third-order valence-electron chi connectivity index (χ3n) is 5.03. The minimum Gasteiger partial charge on any atom is -0.382 e. The number of rotatable bonds is 4. The van der Waals surface area contributed by atoms with Crippen LogP contribution >= 0.6 is 0 Å². The van der Waals surface area contributed by atoms with Crippen molar-refractivity contribution in [2.24, 2.45) is 5.73 Å². The average molecular weight is 407 g/mol. The number of alkyl halides is 2. The summed E-state index contributed by atoms with van der Waals surface area (Å²) in [6.07, 6.45) is 1.46. The molecule has 0 bridgehead atoms. The van der Waals surface area contributed by atoms with E-state index in [1.54, 1.807) is 6.07 Å². The van der Waals surface area contributed by atoms with Gasteiger partial charge in [0.1, 0.15) is 11.8 Å². The van der Waals surface area contributed by atoms with Crippen molar-refractivity contribution < 1.29 is 13.2 Å². The van der Waals surface area contributed by atoms with Crippen LogP contribution in [0, 0.1) is 5.82 Å². The van der Waals surface area contributed by atoms with Crippen molar-refractivity contribution in [1.29, 1.82) is 0 Å². The van der Waals surface area contributed by atoms with Gasteiger partial charge in [-0.05, 0) is 25.0 Å². The molecule has 0 amide bonds. The first kappa shape index (κ1) is 19.2. The largest absolute Gasteiger partial charge is 0.382 e. The van der Waals surface area contributed by atoms with Crippen LogP contribution in [0.3, 0.4) is 0 Å². The summed E-state index contributed by atoms with van der Waals surface area (Å²) in [6.45, 7) is 0.449. The Morgan fingerprint density at radius 3 is 2.83 bits per heavy atom. The lowest BCUT2D eigenvalue weighted by Crippen LogP contribution is -2.42. The fourth-order valence-electron chi connectivity index (χ4n) is 3.75. The molecular formula is C18H20F3N7O. The molecule has 3 aromatic heterocycles. The molecule has 1 unspecified atom stereocenters. The Labute approximate surface area is 163 Å². The lowest BCUT2D eigenvalue weighted by Gasteiger charge is -2.32. The van der Waals surface area contributed by atoms with Crippen LogP contribution in [0.2, 0.25) is 0 Å². The van der Waals surface area contributed by atoms with Crippen molar-refractivity contribution >= 4 is 17.0 Å². The molecular weight excluding hydrogens is 387 g/mol. The number of fused-ring (bicyclic) bond motifs is 1. The molecule has 0 radical (unpaired) electrons. The van der Waals surface area contributed by atoms with Crippen LogP contribution in [0.1, 0.15) is 12.8 Å². The Kier molecular flexibility index (Phi) is 4.91. The summed E-state index contributed by atoms with van der Waals surface area (Å²) in [5.41, 5.74) is 12.9. The Balaban J connectivity index is 1.90. The zero-order valence-corrected chi connectivity index (χ0v) is 15.4. The van der Waals surface area contributed by atoms with Crippen LogP contribution in [-0.4, -0.2) is 44.7 Å². The van der Waals surface area contributed by atoms with Crippen molar-refractivity contribution in [3.8, 4) is 11.3 Å². The number of anilines is 2. The van der Waals surface area contributed by atoms with Crippen molar-refractivity contribution in [2.45, 2.75) is 31.9 Å². The molecule has 11 heteroatoms. The zero-order valence-electron chi connectivity index (χ0n) is 15.4. The van der Waals surface area contributed by atoms with E-state index in [0.717, 1.165) is 31.1 Å². The third-order valence-corrected chi connectivity index (χ3v) is 5.03. The fourth-order valence-corrected chi connectivity index (χ4v) is 3.75. The molecule has 1 aliphatic rings. The SMILES string of the molecule is Nc1ncnn2c(-c3cc(F)c(=O)n(CC(F)F)c3)cc(N3CCCC(N)C3)c12. The Hall–Kier alpha value is -3.08. The summed E-state index contributed by atoms with van der Waals surface area (Å²) in [7, 11) is 0. The second-order valence-corrected chi connectivity index (χ2v) is 7.09. The van der Waals surface area contributed by atoms with E-state index < -0.39 is 24.3 Å². The van der Waals surface area contributed by atoms with Gasteiger partial charge in [-0.15, -0.1) is 0 Å². The van der Waals surface area contributed by atoms with Gasteiger partial charge in [0.05, 0.1) is 17.9 Å². The van der Waals surface area contributed by atoms with Crippen molar-refractivity contribution in [2.75, 3.05) is 23.7 Å². The minimum atomic E-state index is -2.80. The van der Waals surface area contributed by atoms with Gasteiger partial charge in [0.15, 0.2) is 11.6 Å². The normalized spacial score (nSPS) is 17.4. The predicted octanol–water partition coefficient (Wildman–Crippen LogP) is 1.47. The number of pyridine rings is 1. The summed E-state index contributed by atoms with van der Waals surface area (Å²) in [5.74, 6) is -0.900. The van der Waals surface area contributed by atoms with Gasteiger partial charge in [0.25, 0.3) is 12.0 Å². The first-order valence-corrected chi connectivity index (χ1v) is 9.16. The van der Waals surface area contributed by atoms with E-state index in [9.17, 15) is 18.0 Å². The molecule has 8 nitrogen and oxygen atoms in total. The summed E-state index contributed by atoms with van der Waals surface area (Å²) in [6, 6.07) is 2.75. The highest BCUT2D eigenvalue weighted by atomic mass is 19.3. The van der Waals surface area contributed by atoms with E-state index >= 15 is 0 Å². The Morgan fingerprint density at radius 2 is 2.10 bits per heavy atom. The lowest BCUT2D eigenvalue weighted by molar-refractivity contribution is 0.125. The minimum absolute atomic E-state index is 0.00148. The van der Waals surface area contributed by atoms with Crippen LogP contribution in [-0.2, 0) is 6.54 Å². The Morgan fingerprint density at radius 1 is 1.31 bits per heavy atom. The summed E-state index contributed by atoms with van der Waals surface area (Å²) < 4.78 is 42.0. The Bertz CT molecular complexity index is 1110. The predicted molar refractivity (Wildman–Crippen MR) is 102 cm³/mol. The van der Waals surface area contributed by atoms with Gasteiger partial charge in [-0.2, -0.15) is 5.10 Å². The van der Waals surface area contributed by atoms with E-state index in [1.165, 1.54) is 17.0 Å². The van der Waals surface area contributed by atoms with E-state index in [-0.39, 0.29) is 17.4 Å². The van der Waals surface area contributed by atoms with Crippen molar-refractivity contribution in [3.63, 3.8) is 0 Å². The van der Waals surface area contributed by atoms with Gasteiger partial charge >= 0.3 is 0 Å². The standard InChI is InChI=1S/C18H20F3N7O/c19-12-4-10(6-27(18(12)29)8-15(20)21)13-5-14(26-3-1-2-11(22)7-26)16-17(23)24-9-25-28(13)16/h4-6,9,11,15H,1-3,7-8,22H2,(H2,23,24,25). The molecule has 0 aromatic carbocycles. The molecule has 1 fully saturated rings. The number of halogens is 3. The number of nitrogens with two attached hydrogens (primary N) is 2. The summed E-state index contributed by atoms with van der Waals surface area (Å²) in [4.78, 5) is 18.0. The lowest BCUT2D eigenvalue weighted by atomic mass is 10.1. The molecule has 0 aliphatic carbocycles. The van der Waals surface area contributed by atoms with Crippen molar-refractivity contribution in [3.05, 3.63) is 40.8 Å². The summed E-state index contributed by atoms with van der Waals surface area (Å²) >= 11 is 0. The molecule has 4 heterocycles. The number of nitrogen functional groups attached to an aromatic ring is 1. The second-order valence-electron chi connectivity index (χ2n) is 7.09. The molecule has 4 rings (SSSR count). The maximum absolute atomic E-state index is 14.2. The fraction of sp³-hybridized carbons (Fsp3) is 0.389. The van der Waals surface area contributed by atoms with Crippen LogP contribution in [0.5, 0.6) is 0 Å². The number of hydrogen-bond acceptors (Lipinski definition) is 6. The number of nitrogens with zero attached hydrogens (tertiary/aromatic N) is 5. The number of piperidine rings is 1. The summed E-state index contributed by atoms with van der Waals surface area (Å²) in [5, 5.41) is 4.21. The van der Waals surface area contributed by atoms with Crippen LogP contribution < -0.4 is 21.9 Å². The molecule has 0 spiro atoms. The van der Waals surface area contributed by atoms with Crippen LogP contribution in [0.4, 0.5) is 24.7 Å². The van der Waals surface area contributed by atoms with Gasteiger partial charge < -0.3 is 20.9 Å². The van der Waals surface area contributed by atoms with E-state index in [0.29, 0.717) is 22.3 Å². The molecule has 154 valence electrons. The zero-order chi connectivity index (χ0) is 20.7. The molecule has 4 N–H and O–H groups in total. The van der Waals surface area contributed by atoms with Gasteiger partial charge in [-0.3, -0.25) is 4.79 Å². The van der Waals surface area contributed by atoms with Gasteiger partial charge in [-0.25, -0.2) is 22.7 Å². The van der Waals surface area contributed by atoms with Gasteiger partial charge in [-0.1, -0.05) is 0 Å². The maximum atomic E-state index is 14.2. The number of aromatic nitrogens is 4. The highest BCUT2D eigenvalue weighted by molar-refractivity contribution is 5.88. The molecule has 1 aliphatic heterocycles. The molecule has 29 heavy (non-hydrogen) atoms. The third kappa shape index (κ3) is 3.53. The molecule has 1 atom stereocenters. The van der Waals surface area contributed by atoms with Gasteiger partial charge in [0.2, 0.25) is 0 Å². The van der Waals surface area contributed by atoms with Gasteiger partial charge in [0, 0.05) is 30.9 Å². The average Bonchev–Trinajstić information content (AvgIpc) is 3.06. The van der Waals surface area contributed by atoms with Crippen LogP contribution in [0.15, 0.2) is 29.5 Å². The number of hydrogen-bond donors (Lipinski definition) is 2. The van der Waals surface area contributed by atoms with E-state index in [1.807, 2.05) is 0 Å². The van der Waals surface area contributed by atoms with E-state index in [2.05, 4.69) is 15.0 Å². The second kappa shape index (κ2) is 7.39. The smallest absolute Gasteiger partial charge is 0.286 e. The topological polar surface area (TPSA) is 107 Å². The highest BCUT2D eigenvalue weighted by Crippen LogP contribution is 2.34. The quantitative estimate of drug-likeness (QED) is 0.678. The highest BCUT2D eigenvalue weighted by Gasteiger charge is 2.24. The maximum Gasteiger partial charge on any atom is 0.286 e. The molecule has 1 saturated heterocycles. The first-order valence-electron chi connectivity index (χ1n) is 9.16. The monoisotopic (exact) mass is 407 g/mol. The first-order chi connectivity index (χ1) is 13.8. The molecule has 0 saturated carbocycles. The molecule has 3 aromatic rings. The van der Waals surface area contributed by atoms with Crippen molar-refractivity contribution in [1.82, 2.24) is 19.2 Å². The van der Waals surface area contributed by atoms with E-state index in [4.69, 9.17) is 11.5 Å².